The molecule has 1 N–H and O–H groups in total. The minimum atomic E-state index is 0.102. The van der Waals surface area contributed by atoms with E-state index in [0.29, 0.717) is 0 Å². The molecule has 1 atom stereocenters. The summed E-state index contributed by atoms with van der Waals surface area (Å²) in [5.74, 6) is 0. The van der Waals surface area contributed by atoms with Gasteiger partial charge in [0.05, 0.1) is 18.8 Å². The lowest BCUT2D eigenvalue weighted by Gasteiger charge is -2.28. The number of hydrogen-bond acceptors (Lipinski definition) is 3. The van der Waals surface area contributed by atoms with Crippen LogP contribution in [0.5, 0.6) is 0 Å². The fourth-order valence-corrected chi connectivity index (χ4v) is 1.73. The second-order valence-corrected chi connectivity index (χ2v) is 3.38. The maximum absolute atomic E-state index is 5.43. The Morgan fingerprint density at radius 1 is 1.29 bits per heavy atom. The first-order chi connectivity index (χ1) is 6.83. The molecule has 0 spiro atoms. The van der Waals surface area contributed by atoms with Gasteiger partial charge in [0.2, 0.25) is 0 Å². The monoisotopic (exact) mass is 203 g/mol. The third-order valence-electron chi connectivity index (χ3n) is 2.34. The third-order valence-corrected chi connectivity index (χ3v) is 2.34. The molecule has 0 aromatic rings. The Bertz CT molecular complexity index is 122. The van der Waals surface area contributed by atoms with E-state index in [0.717, 1.165) is 26.4 Å². The van der Waals surface area contributed by atoms with Gasteiger partial charge in [-0.15, -0.1) is 0 Å². The van der Waals surface area contributed by atoms with Crippen molar-refractivity contribution in [2.24, 2.45) is 0 Å². The lowest BCUT2D eigenvalue weighted by Crippen LogP contribution is -2.48. The Hall–Kier alpha value is -0.120. The second kappa shape index (κ2) is 8.21. The van der Waals surface area contributed by atoms with E-state index < -0.39 is 0 Å². The van der Waals surface area contributed by atoms with E-state index in [-0.39, 0.29) is 5.54 Å². The van der Waals surface area contributed by atoms with E-state index in [4.69, 9.17) is 9.47 Å². The van der Waals surface area contributed by atoms with Crippen LogP contribution < -0.4 is 5.32 Å². The molecule has 1 aliphatic heterocycles. The molecule has 14 heavy (non-hydrogen) atoms. The first kappa shape index (κ1) is 13.9. The zero-order valence-corrected chi connectivity index (χ0v) is 10.1. The minimum Gasteiger partial charge on any atom is -0.383 e. The summed E-state index contributed by atoms with van der Waals surface area (Å²) in [5.41, 5.74) is 0.102. The Labute approximate surface area is 88.2 Å². The molecule has 3 heteroatoms. The van der Waals surface area contributed by atoms with Crippen LogP contribution in [-0.4, -0.2) is 39.0 Å². The van der Waals surface area contributed by atoms with Crippen molar-refractivity contribution in [3.8, 4) is 0 Å². The van der Waals surface area contributed by atoms with Crippen LogP contribution in [-0.2, 0) is 9.47 Å². The van der Waals surface area contributed by atoms with Crippen molar-refractivity contribution in [2.45, 2.75) is 39.2 Å². The van der Waals surface area contributed by atoms with Crippen LogP contribution in [0.2, 0.25) is 0 Å². The molecule has 86 valence electrons. The summed E-state index contributed by atoms with van der Waals surface area (Å²) in [5, 5.41) is 3.46. The standard InChI is InChI=1S/C9H19NO2.C2H6/c1-3-12-8-9(7-11-2)5-4-6-10-9;1-2/h10H,3-8H2,1-2H3;1-2H3. The van der Waals surface area contributed by atoms with Gasteiger partial charge >= 0.3 is 0 Å². The zero-order chi connectivity index (χ0) is 10.9. The van der Waals surface area contributed by atoms with Crippen LogP contribution in [0, 0.1) is 0 Å². The molecule has 0 amide bonds. The van der Waals surface area contributed by atoms with E-state index in [1.165, 1.54) is 12.8 Å². The molecule has 0 aromatic carbocycles. The molecule has 1 rings (SSSR count). The molecule has 0 aliphatic carbocycles. The summed E-state index contributed by atoms with van der Waals surface area (Å²) >= 11 is 0. The molecule has 1 unspecified atom stereocenters. The molecule has 0 saturated carbocycles. The third kappa shape index (κ3) is 4.40. The molecular formula is C11H25NO2. The predicted molar refractivity (Wildman–Crippen MR) is 59.7 cm³/mol. The van der Waals surface area contributed by atoms with Gasteiger partial charge in [0.15, 0.2) is 0 Å². The number of ether oxygens (including phenoxy) is 2. The lowest BCUT2D eigenvalue weighted by atomic mass is 10.0. The van der Waals surface area contributed by atoms with Crippen molar-refractivity contribution in [1.82, 2.24) is 5.32 Å². The summed E-state index contributed by atoms with van der Waals surface area (Å²) in [6.07, 6.45) is 2.40. The first-order valence-electron chi connectivity index (χ1n) is 5.65. The highest BCUT2D eigenvalue weighted by atomic mass is 16.5. The van der Waals surface area contributed by atoms with Crippen molar-refractivity contribution in [2.75, 3.05) is 33.5 Å². The molecule has 3 nitrogen and oxygen atoms in total. The van der Waals surface area contributed by atoms with Gasteiger partial charge in [0, 0.05) is 13.7 Å². The zero-order valence-electron chi connectivity index (χ0n) is 10.1. The molecule has 1 heterocycles. The summed E-state index contributed by atoms with van der Waals surface area (Å²) in [6.45, 7) is 9.43. The van der Waals surface area contributed by atoms with Crippen molar-refractivity contribution in [1.29, 1.82) is 0 Å². The van der Waals surface area contributed by atoms with E-state index in [9.17, 15) is 0 Å². The smallest absolute Gasteiger partial charge is 0.0670 e. The van der Waals surface area contributed by atoms with Gasteiger partial charge in [-0.25, -0.2) is 0 Å². The SMILES string of the molecule is CC.CCOCC1(COC)CCCN1. The van der Waals surface area contributed by atoms with E-state index in [2.05, 4.69) is 5.32 Å². The highest BCUT2D eigenvalue weighted by Crippen LogP contribution is 2.19. The minimum absolute atomic E-state index is 0.102. The Balaban J connectivity index is 0.000000791. The normalized spacial score (nSPS) is 25.7. The van der Waals surface area contributed by atoms with Crippen LogP contribution in [0.4, 0.5) is 0 Å². The quantitative estimate of drug-likeness (QED) is 0.739. The summed E-state index contributed by atoms with van der Waals surface area (Å²) < 4.78 is 10.6. The van der Waals surface area contributed by atoms with E-state index in [1.54, 1.807) is 7.11 Å². The molecule has 1 aliphatic rings. The molecule has 0 bridgehead atoms. The number of nitrogens with one attached hydrogen (secondary N) is 1. The van der Waals surface area contributed by atoms with Crippen LogP contribution in [0.15, 0.2) is 0 Å². The van der Waals surface area contributed by atoms with Crippen molar-refractivity contribution >= 4 is 0 Å². The molecule has 0 aromatic heterocycles. The average Bonchev–Trinajstić information content (AvgIpc) is 2.68. The highest BCUT2D eigenvalue weighted by molar-refractivity contribution is 4.92. The Kier molecular flexibility index (Phi) is 8.14. The first-order valence-corrected chi connectivity index (χ1v) is 5.65. The summed E-state index contributed by atoms with van der Waals surface area (Å²) in [4.78, 5) is 0. The summed E-state index contributed by atoms with van der Waals surface area (Å²) in [7, 11) is 1.74. The van der Waals surface area contributed by atoms with Gasteiger partial charge in [-0.3, -0.25) is 0 Å². The van der Waals surface area contributed by atoms with Crippen LogP contribution in [0.3, 0.4) is 0 Å². The Morgan fingerprint density at radius 2 is 2.00 bits per heavy atom. The van der Waals surface area contributed by atoms with Crippen LogP contribution in [0.25, 0.3) is 0 Å². The van der Waals surface area contributed by atoms with Gasteiger partial charge < -0.3 is 14.8 Å². The van der Waals surface area contributed by atoms with Crippen molar-refractivity contribution in [3.05, 3.63) is 0 Å². The number of rotatable bonds is 5. The predicted octanol–water partition coefficient (Wildman–Crippen LogP) is 1.82. The second-order valence-electron chi connectivity index (χ2n) is 3.38. The fraction of sp³-hybridized carbons (Fsp3) is 1.00. The maximum atomic E-state index is 5.43. The molecule has 0 radical (unpaired) electrons. The van der Waals surface area contributed by atoms with Gasteiger partial charge in [-0.1, -0.05) is 13.8 Å². The molecule has 1 saturated heterocycles. The van der Waals surface area contributed by atoms with Gasteiger partial charge in [0.1, 0.15) is 0 Å². The van der Waals surface area contributed by atoms with Crippen molar-refractivity contribution in [3.63, 3.8) is 0 Å². The topological polar surface area (TPSA) is 30.5 Å². The maximum Gasteiger partial charge on any atom is 0.0670 e. The number of methoxy groups -OCH3 is 1. The number of hydrogen-bond donors (Lipinski definition) is 1. The van der Waals surface area contributed by atoms with Crippen molar-refractivity contribution < 1.29 is 9.47 Å². The fourth-order valence-electron chi connectivity index (χ4n) is 1.73. The summed E-state index contributed by atoms with van der Waals surface area (Å²) in [6, 6.07) is 0. The highest BCUT2D eigenvalue weighted by Gasteiger charge is 2.33. The largest absolute Gasteiger partial charge is 0.383 e. The molecular weight excluding hydrogens is 178 g/mol. The van der Waals surface area contributed by atoms with Crippen LogP contribution in [0.1, 0.15) is 33.6 Å². The average molecular weight is 203 g/mol. The van der Waals surface area contributed by atoms with Gasteiger partial charge in [-0.05, 0) is 26.3 Å². The Morgan fingerprint density at radius 3 is 2.43 bits per heavy atom. The lowest BCUT2D eigenvalue weighted by molar-refractivity contribution is 0.0349. The molecule has 1 fully saturated rings. The van der Waals surface area contributed by atoms with Gasteiger partial charge in [0.25, 0.3) is 0 Å². The van der Waals surface area contributed by atoms with E-state index >= 15 is 0 Å². The van der Waals surface area contributed by atoms with Crippen LogP contribution >= 0.6 is 0 Å². The van der Waals surface area contributed by atoms with E-state index in [1.807, 2.05) is 20.8 Å². The van der Waals surface area contributed by atoms with Gasteiger partial charge in [-0.2, -0.15) is 0 Å².